The van der Waals surface area contributed by atoms with E-state index in [0.29, 0.717) is 25.0 Å². The van der Waals surface area contributed by atoms with Crippen LogP contribution in [0.5, 0.6) is 0 Å². The van der Waals surface area contributed by atoms with Crippen molar-refractivity contribution in [2.24, 2.45) is 11.7 Å². The van der Waals surface area contributed by atoms with Crippen molar-refractivity contribution in [1.29, 1.82) is 0 Å². The number of aliphatic carboxylic acids is 1. The highest BCUT2D eigenvalue weighted by atomic mass is 16.6. The van der Waals surface area contributed by atoms with Crippen LogP contribution in [0.25, 0.3) is 0 Å². The minimum Gasteiger partial charge on any atom is -0.481 e. The second-order valence-corrected chi connectivity index (χ2v) is 8.24. The van der Waals surface area contributed by atoms with Gasteiger partial charge >= 0.3 is 5.97 Å². The summed E-state index contributed by atoms with van der Waals surface area (Å²) >= 11 is 0. The van der Waals surface area contributed by atoms with E-state index in [-0.39, 0.29) is 24.0 Å². The summed E-state index contributed by atoms with van der Waals surface area (Å²) in [6.07, 6.45) is 0.755. The lowest BCUT2D eigenvalue weighted by Gasteiger charge is -2.21. The summed E-state index contributed by atoms with van der Waals surface area (Å²) < 4.78 is 5.26. The Hall–Kier alpha value is -2.25. The molecule has 28 heavy (non-hydrogen) atoms. The third kappa shape index (κ3) is 5.87. The number of carbonyl (C=O) groups is 3. The van der Waals surface area contributed by atoms with Crippen molar-refractivity contribution < 1.29 is 24.2 Å². The highest BCUT2D eigenvalue weighted by Crippen LogP contribution is 2.29. The summed E-state index contributed by atoms with van der Waals surface area (Å²) in [5.74, 6) is -1.16. The van der Waals surface area contributed by atoms with Gasteiger partial charge in [0.05, 0.1) is 19.1 Å². The number of amides is 1. The Labute approximate surface area is 165 Å². The van der Waals surface area contributed by atoms with Crippen molar-refractivity contribution in [3.8, 4) is 0 Å². The van der Waals surface area contributed by atoms with E-state index in [2.05, 4.69) is 5.32 Å². The third-order valence-electron chi connectivity index (χ3n) is 4.96. The highest BCUT2D eigenvalue weighted by molar-refractivity contribution is 6.01. The Morgan fingerprint density at radius 2 is 1.96 bits per heavy atom. The van der Waals surface area contributed by atoms with Crippen molar-refractivity contribution in [1.82, 2.24) is 5.32 Å². The maximum absolute atomic E-state index is 12.8. The molecule has 7 nitrogen and oxygen atoms in total. The van der Waals surface area contributed by atoms with Crippen molar-refractivity contribution in [2.45, 2.75) is 64.6 Å². The normalized spacial score (nSPS) is 20.5. The molecule has 1 saturated heterocycles. The van der Waals surface area contributed by atoms with Crippen molar-refractivity contribution in [3.05, 3.63) is 34.9 Å². The molecule has 1 fully saturated rings. The first-order valence-electron chi connectivity index (χ1n) is 9.58. The van der Waals surface area contributed by atoms with E-state index < -0.39 is 23.7 Å². The number of hydrogen-bond acceptors (Lipinski definition) is 5. The summed E-state index contributed by atoms with van der Waals surface area (Å²) in [4.78, 5) is 36.3. The van der Waals surface area contributed by atoms with Gasteiger partial charge in [-0.1, -0.05) is 19.9 Å². The molecule has 1 heterocycles. The first-order chi connectivity index (χ1) is 13.0. The lowest BCUT2D eigenvalue weighted by atomic mass is 9.93. The predicted molar refractivity (Wildman–Crippen MR) is 105 cm³/mol. The zero-order chi connectivity index (χ0) is 21.1. The molecule has 2 rings (SSSR count). The van der Waals surface area contributed by atoms with E-state index in [0.717, 1.165) is 11.1 Å². The molecule has 1 aliphatic heterocycles. The number of rotatable bonds is 10. The first kappa shape index (κ1) is 22.0. The van der Waals surface area contributed by atoms with E-state index in [1.165, 1.54) is 0 Å². The Kier molecular flexibility index (Phi) is 6.96. The average molecular weight is 390 g/mol. The summed E-state index contributed by atoms with van der Waals surface area (Å²) in [5, 5.41) is 11.7. The molecular weight excluding hydrogens is 360 g/mol. The molecule has 4 N–H and O–H groups in total. The van der Waals surface area contributed by atoms with E-state index in [1.807, 2.05) is 26.8 Å². The molecule has 0 aromatic heterocycles. The average Bonchev–Trinajstić information content (AvgIpc) is 3.33. The topological polar surface area (TPSA) is 122 Å². The van der Waals surface area contributed by atoms with Gasteiger partial charge in [0.1, 0.15) is 5.60 Å². The smallest absolute Gasteiger partial charge is 0.304 e. The number of carbonyl (C=O) groups excluding carboxylic acids is 2. The summed E-state index contributed by atoms with van der Waals surface area (Å²) in [6.45, 7) is 8.00. The lowest BCUT2D eigenvalue weighted by Crippen LogP contribution is -2.46. The van der Waals surface area contributed by atoms with Crippen LogP contribution in [0.4, 0.5) is 0 Å². The van der Waals surface area contributed by atoms with Crippen LogP contribution in [-0.4, -0.2) is 47.1 Å². The molecule has 1 aliphatic rings. The minimum atomic E-state index is -0.954. The number of nitrogens with two attached hydrogens (primary N) is 1. The maximum atomic E-state index is 12.8. The Morgan fingerprint density at radius 3 is 2.50 bits per heavy atom. The number of benzene rings is 1. The molecule has 0 radical (unpaired) electrons. The van der Waals surface area contributed by atoms with Crippen molar-refractivity contribution >= 4 is 17.7 Å². The van der Waals surface area contributed by atoms with Crippen LogP contribution < -0.4 is 11.1 Å². The van der Waals surface area contributed by atoms with Crippen molar-refractivity contribution in [3.63, 3.8) is 0 Å². The maximum Gasteiger partial charge on any atom is 0.304 e. The quantitative estimate of drug-likeness (QED) is 0.524. The molecule has 1 amide bonds. The van der Waals surface area contributed by atoms with E-state index >= 15 is 0 Å². The molecule has 154 valence electrons. The molecule has 0 unspecified atom stereocenters. The second-order valence-electron chi connectivity index (χ2n) is 8.24. The Bertz CT molecular complexity index is 755. The molecule has 0 saturated carbocycles. The van der Waals surface area contributed by atoms with Crippen LogP contribution in [0, 0.1) is 12.8 Å². The summed E-state index contributed by atoms with van der Waals surface area (Å²) in [7, 11) is 0. The molecule has 0 aliphatic carbocycles. The van der Waals surface area contributed by atoms with Crippen LogP contribution in [0.15, 0.2) is 18.2 Å². The number of nitrogens with one attached hydrogen (secondary N) is 1. The van der Waals surface area contributed by atoms with Gasteiger partial charge in [-0.05, 0) is 55.9 Å². The van der Waals surface area contributed by atoms with Gasteiger partial charge in [0.25, 0.3) is 5.91 Å². The number of carboxylic acid groups (broad SMARTS) is 1. The lowest BCUT2D eigenvalue weighted by molar-refractivity contribution is -0.137. The number of aryl methyl sites for hydroxylation is 1. The number of ether oxygens (including phenoxy) is 1. The van der Waals surface area contributed by atoms with Gasteiger partial charge in [-0.2, -0.15) is 0 Å². The molecule has 7 heteroatoms. The summed E-state index contributed by atoms with van der Waals surface area (Å²) in [6, 6.07) is 4.08. The fraction of sp³-hybridized carbons (Fsp3) is 0.571. The molecule has 3 atom stereocenters. The molecule has 1 aromatic rings. The number of hydrogen-bond donors (Lipinski definition) is 3. The van der Waals surface area contributed by atoms with Crippen LogP contribution in [0.1, 0.15) is 55.1 Å². The first-order valence-corrected chi connectivity index (χ1v) is 9.58. The van der Waals surface area contributed by atoms with E-state index in [1.54, 1.807) is 19.1 Å². The zero-order valence-electron chi connectivity index (χ0n) is 17.0. The predicted octanol–water partition coefficient (Wildman–Crippen LogP) is 1.84. The van der Waals surface area contributed by atoms with Gasteiger partial charge in [0, 0.05) is 11.6 Å². The van der Waals surface area contributed by atoms with Crippen LogP contribution in [-0.2, 0) is 20.7 Å². The largest absolute Gasteiger partial charge is 0.481 e. The number of epoxide rings is 1. The van der Waals surface area contributed by atoms with E-state index in [4.69, 9.17) is 15.6 Å². The molecule has 0 spiro atoms. The van der Waals surface area contributed by atoms with Gasteiger partial charge in [0.15, 0.2) is 5.78 Å². The molecule has 1 aromatic carbocycles. The fourth-order valence-corrected chi connectivity index (χ4v) is 3.18. The van der Waals surface area contributed by atoms with Gasteiger partial charge in [0.2, 0.25) is 0 Å². The Balaban J connectivity index is 2.14. The third-order valence-corrected chi connectivity index (χ3v) is 4.96. The molecule has 0 bridgehead atoms. The number of Topliss-reactive ketones (excluding diaryl/α,β-unsaturated/α-hetero) is 1. The van der Waals surface area contributed by atoms with Crippen LogP contribution >= 0.6 is 0 Å². The van der Waals surface area contributed by atoms with Gasteiger partial charge in [-0.25, -0.2) is 0 Å². The summed E-state index contributed by atoms with van der Waals surface area (Å²) in [5.41, 5.74) is 7.28. The highest BCUT2D eigenvalue weighted by Gasteiger charge is 2.50. The van der Waals surface area contributed by atoms with Crippen LogP contribution in [0.2, 0.25) is 0 Å². The van der Waals surface area contributed by atoms with E-state index in [9.17, 15) is 14.4 Å². The molecular formula is C21H30N2O5. The number of carboxylic acids is 1. The SMILES string of the molecule is Cc1ccc(C(=O)N[C@@H](CC(C)C)C(=O)[C@@]2(C)CO2)cc1C[C@H](N)CC(=O)O. The second kappa shape index (κ2) is 8.84. The standard InChI is InChI=1S/C21H30N2O5/c1-12(2)7-17(19(26)21(4)11-28-21)23-20(27)14-6-5-13(3)15(8-14)9-16(22)10-18(24)25/h5-6,8,12,16-17H,7,9-11,22H2,1-4H3,(H,23,27)(H,24,25)/t16-,17-,21+/m0/s1. The fourth-order valence-electron chi connectivity index (χ4n) is 3.18. The zero-order valence-corrected chi connectivity index (χ0v) is 17.0. The number of ketones is 1. The van der Waals surface area contributed by atoms with Gasteiger partial charge in [-0.15, -0.1) is 0 Å². The van der Waals surface area contributed by atoms with Gasteiger partial charge < -0.3 is 20.9 Å². The monoisotopic (exact) mass is 390 g/mol. The van der Waals surface area contributed by atoms with Crippen molar-refractivity contribution in [2.75, 3.05) is 6.61 Å². The van der Waals surface area contributed by atoms with Gasteiger partial charge in [-0.3, -0.25) is 14.4 Å². The van der Waals surface area contributed by atoms with Crippen LogP contribution in [0.3, 0.4) is 0 Å². The Morgan fingerprint density at radius 1 is 1.32 bits per heavy atom. The minimum absolute atomic E-state index is 0.106.